The number of aliphatic hydroxyl groups is 1. The first kappa shape index (κ1) is 12.8. The second kappa shape index (κ2) is 4.74. The van der Waals surface area contributed by atoms with Gasteiger partial charge in [-0.05, 0) is 31.0 Å². The molecule has 0 aliphatic carbocycles. The lowest BCUT2D eigenvalue weighted by atomic mass is 10.0. The van der Waals surface area contributed by atoms with Gasteiger partial charge >= 0.3 is 6.18 Å². The number of ether oxygens (including phenoxy) is 1. The van der Waals surface area contributed by atoms with Crippen molar-refractivity contribution < 1.29 is 23.0 Å². The summed E-state index contributed by atoms with van der Waals surface area (Å²) in [6.45, 7) is 1.45. The van der Waals surface area contributed by atoms with Crippen LogP contribution >= 0.6 is 0 Å². The van der Waals surface area contributed by atoms with Crippen LogP contribution in [0.25, 0.3) is 0 Å². The molecule has 1 N–H and O–H groups in total. The first-order chi connectivity index (χ1) is 7.34. The number of hydrogen-bond donors (Lipinski definition) is 1. The normalized spacial score (nSPS) is 13.6. The van der Waals surface area contributed by atoms with Crippen LogP contribution in [0.1, 0.15) is 18.1 Å². The molecule has 0 heterocycles. The molecule has 0 amide bonds. The Bertz CT molecular complexity index is 359. The van der Waals surface area contributed by atoms with Crippen LogP contribution in [0.2, 0.25) is 0 Å². The average molecular weight is 234 g/mol. The van der Waals surface area contributed by atoms with E-state index in [-0.39, 0.29) is 17.7 Å². The van der Waals surface area contributed by atoms with Gasteiger partial charge in [0.2, 0.25) is 0 Å². The van der Waals surface area contributed by atoms with Crippen LogP contribution in [0.4, 0.5) is 13.2 Å². The summed E-state index contributed by atoms with van der Waals surface area (Å²) in [4.78, 5) is 0. The van der Waals surface area contributed by atoms with Gasteiger partial charge in [-0.15, -0.1) is 0 Å². The number of halogens is 3. The monoisotopic (exact) mass is 234 g/mol. The van der Waals surface area contributed by atoms with Crippen LogP contribution < -0.4 is 4.74 Å². The number of rotatable bonds is 3. The Labute approximate surface area is 91.7 Å². The highest BCUT2D eigenvalue weighted by Crippen LogP contribution is 2.34. The second-order valence-corrected chi connectivity index (χ2v) is 3.57. The molecule has 0 fully saturated rings. The molecule has 0 aromatic heterocycles. The van der Waals surface area contributed by atoms with Gasteiger partial charge in [0.25, 0.3) is 0 Å². The lowest BCUT2D eigenvalue weighted by Gasteiger charge is -2.15. The molecule has 0 aliphatic rings. The van der Waals surface area contributed by atoms with Crippen molar-refractivity contribution in [1.82, 2.24) is 0 Å². The third kappa shape index (κ3) is 3.13. The summed E-state index contributed by atoms with van der Waals surface area (Å²) in [5.41, 5.74) is -0.684. The minimum Gasteiger partial charge on any atom is -0.497 e. The predicted octanol–water partition coefficient (Wildman–Crippen LogP) is 2.64. The quantitative estimate of drug-likeness (QED) is 0.871. The summed E-state index contributed by atoms with van der Waals surface area (Å²) < 4.78 is 42.8. The molecule has 0 spiro atoms. The minimum atomic E-state index is -4.43. The van der Waals surface area contributed by atoms with Gasteiger partial charge in [0, 0.05) is 0 Å². The summed E-state index contributed by atoms with van der Waals surface area (Å²) in [6, 6.07) is 3.72. The number of hydrogen-bond acceptors (Lipinski definition) is 2. The summed E-state index contributed by atoms with van der Waals surface area (Å²) in [7, 11) is 1.31. The molecule has 2 nitrogen and oxygen atoms in total. The molecular weight excluding hydrogens is 221 g/mol. The van der Waals surface area contributed by atoms with E-state index in [1.807, 2.05) is 0 Å². The van der Waals surface area contributed by atoms with E-state index in [0.717, 1.165) is 6.07 Å². The molecule has 1 atom stereocenters. The third-order valence-electron chi connectivity index (χ3n) is 2.14. The van der Waals surface area contributed by atoms with Crippen molar-refractivity contribution in [1.29, 1.82) is 0 Å². The first-order valence-electron chi connectivity index (χ1n) is 4.76. The topological polar surface area (TPSA) is 29.5 Å². The van der Waals surface area contributed by atoms with Crippen LogP contribution in [-0.2, 0) is 12.6 Å². The molecule has 0 bridgehead atoms. The Morgan fingerprint density at radius 2 is 2.00 bits per heavy atom. The highest BCUT2D eigenvalue weighted by Gasteiger charge is 2.33. The van der Waals surface area contributed by atoms with Crippen molar-refractivity contribution in [3.8, 4) is 5.75 Å². The average Bonchev–Trinajstić information content (AvgIpc) is 2.15. The van der Waals surface area contributed by atoms with Crippen LogP contribution in [0, 0.1) is 0 Å². The summed E-state index contributed by atoms with van der Waals surface area (Å²) in [5.74, 6) is 0.154. The molecule has 1 rings (SSSR count). The van der Waals surface area contributed by atoms with Gasteiger partial charge in [0.05, 0.1) is 18.8 Å². The van der Waals surface area contributed by atoms with Gasteiger partial charge in [-0.1, -0.05) is 6.07 Å². The van der Waals surface area contributed by atoms with E-state index < -0.39 is 17.8 Å². The van der Waals surface area contributed by atoms with E-state index in [9.17, 15) is 13.2 Å². The SMILES string of the molecule is COc1ccc(C[C@H](C)O)c(C(F)(F)F)c1. The third-order valence-corrected chi connectivity index (χ3v) is 2.14. The van der Waals surface area contributed by atoms with E-state index in [4.69, 9.17) is 9.84 Å². The van der Waals surface area contributed by atoms with Crippen molar-refractivity contribution in [3.05, 3.63) is 29.3 Å². The fourth-order valence-electron chi connectivity index (χ4n) is 1.44. The van der Waals surface area contributed by atoms with E-state index in [1.165, 1.54) is 26.2 Å². The first-order valence-corrected chi connectivity index (χ1v) is 4.76. The molecule has 0 radical (unpaired) electrons. The largest absolute Gasteiger partial charge is 0.497 e. The van der Waals surface area contributed by atoms with Crippen LogP contribution in [0.15, 0.2) is 18.2 Å². The van der Waals surface area contributed by atoms with Crippen molar-refractivity contribution in [3.63, 3.8) is 0 Å². The summed E-state index contributed by atoms with van der Waals surface area (Å²) in [5, 5.41) is 9.12. The maximum absolute atomic E-state index is 12.7. The Morgan fingerprint density at radius 1 is 1.38 bits per heavy atom. The molecule has 5 heteroatoms. The van der Waals surface area contributed by atoms with E-state index in [2.05, 4.69) is 0 Å². The van der Waals surface area contributed by atoms with Crippen LogP contribution in [0.3, 0.4) is 0 Å². The van der Waals surface area contributed by atoms with E-state index in [0.29, 0.717) is 0 Å². The highest BCUT2D eigenvalue weighted by atomic mass is 19.4. The molecule has 0 saturated carbocycles. The predicted molar refractivity (Wildman–Crippen MR) is 53.4 cm³/mol. The number of benzene rings is 1. The van der Waals surface area contributed by atoms with Crippen molar-refractivity contribution in [2.75, 3.05) is 7.11 Å². The van der Waals surface area contributed by atoms with Crippen LogP contribution in [0.5, 0.6) is 5.75 Å². The summed E-state index contributed by atoms with van der Waals surface area (Å²) >= 11 is 0. The molecule has 1 aromatic carbocycles. The lowest BCUT2D eigenvalue weighted by molar-refractivity contribution is -0.138. The van der Waals surface area contributed by atoms with Crippen molar-refractivity contribution >= 4 is 0 Å². The van der Waals surface area contributed by atoms with Crippen molar-refractivity contribution in [2.45, 2.75) is 25.6 Å². The zero-order valence-electron chi connectivity index (χ0n) is 9.01. The molecular formula is C11H13F3O2. The zero-order chi connectivity index (χ0) is 12.3. The molecule has 1 aromatic rings. The fourth-order valence-corrected chi connectivity index (χ4v) is 1.44. The van der Waals surface area contributed by atoms with Gasteiger partial charge in [-0.25, -0.2) is 0 Å². The van der Waals surface area contributed by atoms with Gasteiger partial charge < -0.3 is 9.84 Å². The molecule has 0 aliphatic heterocycles. The van der Waals surface area contributed by atoms with Crippen molar-refractivity contribution in [2.24, 2.45) is 0 Å². The molecule has 90 valence electrons. The molecule has 0 unspecified atom stereocenters. The second-order valence-electron chi connectivity index (χ2n) is 3.57. The summed E-state index contributed by atoms with van der Waals surface area (Å²) in [6.07, 6.45) is -5.27. The Hall–Kier alpha value is -1.23. The zero-order valence-corrected chi connectivity index (χ0v) is 9.01. The number of methoxy groups -OCH3 is 1. The number of alkyl halides is 3. The maximum Gasteiger partial charge on any atom is 0.416 e. The van der Waals surface area contributed by atoms with E-state index in [1.54, 1.807) is 0 Å². The standard InChI is InChI=1S/C11H13F3O2/c1-7(15)5-8-3-4-9(16-2)6-10(8)11(12,13)14/h3-4,6-7,15H,5H2,1-2H3/t7-/m0/s1. The number of aliphatic hydroxyl groups excluding tert-OH is 1. The van der Waals surface area contributed by atoms with Gasteiger partial charge in [0.1, 0.15) is 5.75 Å². The van der Waals surface area contributed by atoms with E-state index >= 15 is 0 Å². The fraction of sp³-hybridized carbons (Fsp3) is 0.455. The smallest absolute Gasteiger partial charge is 0.416 e. The molecule has 0 saturated heterocycles. The molecule has 16 heavy (non-hydrogen) atoms. The van der Waals surface area contributed by atoms with Crippen LogP contribution in [-0.4, -0.2) is 18.3 Å². The highest BCUT2D eigenvalue weighted by molar-refractivity contribution is 5.37. The minimum absolute atomic E-state index is 0.0289. The maximum atomic E-state index is 12.7. The Morgan fingerprint density at radius 3 is 2.44 bits per heavy atom. The Balaban J connectivity index is 3.17. The van der Waals surface area contributed by atoms with Gasteiger partial charge in [-0.2, -0.15) is 13.2 Å². The van der Waals surface area contributed by atoms with Gasteiger partial charge in [-0.3, -0.25) is 0 Å². The Kier molecular flexibility index (Phi) is 3.80. The lowest BCUT2D eigenvalue weighted by Crippen LogP contribution is -2.13. The van der Waals surface area contributed by atoms with Gasteiger partial charge in [0.15, 0.2) is 0 Å².